The minimum absolute atomic E-state index is 0.103. The van der Waals surface area contributed by atoms with Crippen LogP contribution in [0, 0.1) is 5.92 Å². The molecule has 17 heavy (non-hydrogen) atoms. The lowest BCUT2D eigenvalue weighted by atomic mass is 9.82. The number of rotatable bonds is 4. The van der Waals surface area contributed by atoms with Gasteiger partial charge in [-0.3, -0.25) is 4.79 Å². The second-order valence-corrected chi connectivity index (χ2v) is 4.85. The van der Waals surface area contributed by atoms with Crippen LogP contribution in [-0.4, -0.2) is 22.2 Å². The lowest BCUT2D eigenvalue weighted by Gasteiger charge is -2.33. The smallest absolute Gasteiger partial charge is 0.313 e. The molecule has 1 aromatic rings. The Morgan fingerprint density at radius 1 is 1.59 bits per heavy atom. The summed E-state index contributed by atoms with van der Waals surface area (Å²) < 4.78 is 7.23. The van der Waals surface area contributed by atoms with Gasteiger partial charge in [-0.2, -0.15) is 0 Å². The zero-order chi connectivity index (χ0) is 12.4. The number of hydrogen-bond donors (Lipinski definition) is 1. The summed E-state index contributed by atoms with van der Waals surface area (Å²) in [6.07, 6.45) is 5.24. The Bertz CT molecular complexity index is 436. The summed E-state index contributed by atoms with van der Waals surface area (Å²) in [7, 11) is 0. The van der Waals surface area contributed by atoms with Crippen molar-refractivity contribution < 1.29 is 4.74 Å². The highest BCUT2D eigenvalue weighted by atomic mass is 16.5. The quantitative estimate of drug-likeness (QED) is 0.846. The first kappa shape index (κ1) is 12.1. The van der Waals surface area contributed by atoms with Gasteiger partial charge in [-0.05, 0) is 39.2 Å². The molecule has 0 atom stereocenters. The van der Waals surface area contributed by atoms with Crippen LogP contribution in [0.25, 0.3) is 0 Å². The van der Waals surface area contributed by atoms with Gasteiger partial charge in [-0.25, -0.2) is 4.98 Å². The molecule has 0 saturated heterocycles. The van der Waals surface area contributed by atoms with Crippen molar-refractivity contribution in [3.8, 4) is 5.88 Å². The van der Waals surface area contributed by atoms with Gasteiger partial charge in [-0.15, -0.1) is 0 Å². The zero-order valence-corrected chi connectivity index (χ0v) is 10.3. The molecule has 94 valence electrons. The van der Waals surface area contributed by atoms with Crippen molar-refractivity contribution in [2.45, 2.75) is 38.8 Å². The molecule has 0 radical (unpaired) electrons. The lowest BCUT2D eigenvalue weighted by molar-refractivity contribution is 0.0626. The first-order chi connectivity index (χ1) is 8.11. The Morgan fingerprint density at radius 3 is 2.88 bits per heavy atom. The summed E-state index contributed by atoms with van der Waals surface area (Å²) in [6, 6.07) is 0.117. The van der Waals surface area contributed by atoms with Gasteiger partial charge >= 0.3 is 5.56 Å². The number of nitrogens with two attached hydrogens (primary N) is 1. The van der Waals surface area contributed by atoms with Crippen LogP contribution >= 0.6 is 0 Å². The fourth-order valence-corrected chi connectivity index (χ4v) is 2.01. The summed E-state index contributed by atoms with van der Waals surface area (Å²) in [5, 5.41) is 0. The van der Waals surface area contributed by atoms with Crippen molar-refractivity contribution in [1.82, 2.24) is 9.55 Å². The average Bonchev–Trinajstić information content (AvgIpc) is 2.24. The van der Waals surface area contributed by atoms with E-state index in [1.807, 2.05) is 13.8 Å². The number of aromatic nitrogens is 2. The fourth-order valence-electron chi connectivity index (χ4n) is 2.01. The van der Waals surface area contributed by atoms with Crippen LogP contribution in [-0.2, 0) is 0 Å². The van der Waals surface area contributed by atoms with Crippen LogP contribution < -0.4 is 16.0 Å². The molecule has 0 aliphatic heterocycles. The molecule has 0 amide bonds. The average molecular weight is 237 g/mol. The monoisotopic (exact) mass is 237 g/mol. The van der Waals surface area contributed by atoms with E-state index in [1.54, 1.807) is 17.0 Å². The molecule has 0 bridgehead atoms. The van der Waals surface area contributed by atoms with E-state index >= 15 is 0 Å². The van der Waals surface area contributed by atoms with Gasteiger partial charge in [0, 0.05) is 18.4 Å². The lowest BCUT2D eigenvalue weighted by Crippen LogP contribution is -2.39. The van der Waals surface area contributed by atoms with Gasteiger partial charge in [0.05, 0.1) is 0 Å². The first-order valence-corrected chi connectivity index (χ1v) is 6.05. The van der Waals surface area contributed by atoms with E-state index in [0.717, 1.165) is 12.8 Å². The molecule has 0 aromatic carbocycles. The summed E-state index contributed by atoms with van der Waals surface area (Å²) in [4.78, 5) is 16.0. The number of nitrogens with zero attached hydrogens (tertiary/aromatic N) is 2. The second kappa shape index (κ2) is 4.87. The molecule has 2 N–H and O–H groups in total. The van der Waals surface area contributed by atoms with Gasteiger partial charge < -0.3 is 15.0 Å². The van der Waals surface area contributed by atoms with Gasteiger partial charge in [0.1, 0.15) is 6.10 Å². The Kier molecular flexibility index (Phi) is 3.47. The van der Waals surface area contributed by atoms with Crippen molar-refractivity contribution >= 4 is 0 Å². The minimum atomic E-state index is -0.154. The molecule has 5 nitrogen and oxygen atoms in total. The van der Waals surface area contributed by atoms with Crippen LogP contribution in [0.1, 0.15) is 32.7 Å². The maximum atomic E-state index is 12.0. The number of hydrogen-bond acceptors (Lipinski definition) is 4. The van der Waals surface area contributed by atoms with E-state index in [4.69, 9.17) is 10.5 Å². The highest BCUT2D eigenvalue weighted by molar-refractivity contribution is 5.06. The van der Waals surface area contributed by atoms with Crippen LogP contribution in [0.3, 0.4) is 0 Å². The predicted molar refractivity (Wildman–Crippen MR) is 65.1 cm³/mol. The highest BCUT2D eigenvalue weighted by Crippen LogP contribution is 2.28. The normalized spacial score (nSPS) is 23.5. The SMILES string of the molecule is CC(C)n1ccnc(OC2CC(CN)C2)c1=O. The summed E-state index contributed by atoms with van der Waals surface area (Å²) >= 11 is 0. The molecular formula is C12H19N3O2. The Hall–Kier alpha value is -1.36. The van der Waals surface area contributed by atoms with Crippen LogP contribution in [0.5, 0.6) is 5.88 Å². The van der Waals surface area contributed by atoms with Crippen molar-refractivity contribution in [3.05, 3.63) is 22.7 Å². The minimum Gasteiger partial charge on any atom is -0.470 e. The van der Waals surface area contributed by atoms with E-state index in [1.165, 1.54) is 0 Å². The maximum absolute atomic E-state index is 12.0. The van der Waals surface area contributed by atoms with E-state index < -0.39 is 0 Å². The van der Waals surface area contributed by atoms with Gasteiger partial charge in [0.25, 0.3) is 5.88 Å². The summed E-state index contributed by atoms with van der Waals surface area (Å²) in [5.74, 6) is 0.748. The maximum Gasteiger partial charge on any atom is 0.313 e. The largest absolute Gasteiger partial charge is 0.470 e. The third-order valence-corrected chi connectivity index (χ3v) is 3.20. The molecular weight excluding hydrogens is 218 g/mol. The van der Waals surface area contributed by atoms with Crippen molar-refractivity contribution in [2.24, 2.45) is 11.7 Å². The van der Waals surface area contributed by atoms with E-state index in [-0.39, 0.29) is 23.6 Å². The van der Waals surface area contributed by atoms with Crippen molar-refractivity contribution in [1.29, 1.82) is 0 Å². The zero-order valence-electron chi connectivity index (χ0n) is 10.3. The van der Waals surface area contributed by atoms with Gasteiger partial charge in [-0.1, -0.05) is 0 Å². The third kappa shape index (κ3) is 2.49. The molecule has 2 rings (SSSR count). The molecule has 1 heterocycles. The Morgan fingerprint density at radius 2 is 2.29 bits per heavy atom. The molecule has 1 aliphatic carbocycles. The van der Waals surface area contributed by atoms with E-state index in [2.05, 4.69) is 4.98 Å². The van der Waals surface area contributed by atoms with Gasteiger partial charge in [0.15, 0.2) is 0 Å². The highest BCUT2D eigenvalue weighted by Gasteiger charge is 2.30. The molecule has 1 fully saturated rings. The predicted octanol–water partition coefficient (Wildman–Crippen LogP) is 0.940. The molecule has 0 unspecified atom stereocenters. The van der Waals surface area contributed by atoms with E-state index in [9.17, 15) is 4.79 Å². The van der Waals surface area contributed by atoms with Crippen LogP contribution in [0.2, 0.25) is 0 Å². The molecule has 1 aliphatic rings. The molecule has 1 aromatic heterocycles. The van der Waals surface area contributed by atoms with Crippen molar-refractivity contribution in [2.75, 3.05) is 6.54 Å². The summed E-state index contributed by atoms with van der Waals surface area (Å²) in [5.41, 5.74) is 5.39. The first-order valence-electron chi connectivity index (χ1n) is 6.05. The Balaban J connectivity index is 2.07. The van der Waals surface area contributed by atoms with Crippen molar-refractivity contribution in [3.63, 3.8) is 0 Å². The summed E-state index contributed by atoms with van der Waals surface area (Å²) in [6.45, 7) is 4.61. The molecule has 0 spiro atoms. The fraction of sp³-hybridized carbons (Fsp3) is 0.667. The van der Waals surface area contributed by atoms with Crippen LogP contribution in [0.15, 0.2) is 17.2 Å². The third-order valence-electron chi connectivity index (χ3n) is 3.20. The van der Waals surface area contributed by atoms with E-state index in [0.29, 0.717) is 12.5 Å². The Labute approximate surface area is 101 Å². The molecule has 1 saturated carbocycles. The second-order valence-electron chi connectivity index (χ2n) is 4.85. The van der Waals surface area contributed by atoms with Gasteiger partial charge in [0.2, 0.25) is 0 Å². The number of ether oxygens (including phenoxy) is 1. The van der Waals surface area contributed by atoms with Crippen LogP contribution in [0.4, 0.5) is 0 Å². The standard InChI is InChI=1S/C12H19N3O2/c1-8(2)15-4-3-14-11(12(15)16)17-10-5-9(6-10)7-13/h3-4,8-10H,5-7,13H2,1-2H3. The topological polar surface area (TPSA) is 70.1 Å². The molecule has 5 heteroatoms.